The highest BCUT2D eigenvalue weighted by Crippen LogP contribution is 2.26. The lowest BCUT2D eigenvalue weighted by Gasteiger charge is -2.08. The quantitative estimate of drug-likeness (QED) is 0.760. The predicted molar refractivity (Wildman–Crippen MR) is 82.2 cm³/mol. The molecule has 0 saturated carbocycles. The average Bonchev–Trinajstić information content (AvgIpc) is 2.44. The summed E-state index contributed by atoms with van der Waals surface area (Å²) >= 11 is 12.4. The third-order valence-electron chi connectivity index (χ3n) is 2.93. The maximum Gasteiger partial charge on any atom is 0.162 e. The third-order valence-corrected chi connectivity index (χ3v) is 3.55. The molecular weight excluding hydrogens is 295 g/mol. The van der Waals surface area contributed by atoms with Crippen molar-refractivity contribution in [3.8, 4) is 11.4 Å². The molecule has 0 aliphatic rings. The predicted octanol–water partition coefficient (Wildman–Crippen LogP) is 4.55. The van der Waals surface area contributed by atoms with E-state index in [0.29, 0.717) is 22.7 Å². The molecule has 1 aromatic carbocycles. The molecular formula is C15H16Cl2N2O. The summed E-state index contributed by atoms with van der Waals surface area (Å²) in [6, 6.07) is 7.83. The van der Waals surface area contributed by atoms with Gasteiger partial charge in [0.2, 0.25) is 0 Å². The second-order valence-electron chi connectivity index (χ2n) is 4.49. The minimum absolute atomic E-state index is 0.433. The van der Waals surface area contributed by atoms with Crippen LogP contribution >= 0.6 is 23.2 Å². The minimum Gasteiger partial charge on any atom is -0.380 e. The number of ether oxygens (including phenoxy) is 1. The Morgan fingerprint density at radius 1 is 1.05 bits per heavy atom. The second-order valence-corrected chi connectivity index (χ2v) is 5.20. The summed E-state index contributed by atoms with van der Waals surface area (Å²) in [5.74, 6) is 0.545. The molecule has 0 radical (unpaired) electrons. The molecule has 0 amide bonds. The van der Waals surface area contributed by atoms with Crippen molar-refractivity contribution in [2.75, 3.05) is 7.11 Å². The lowest BCUT2D eigenvalue weighted by atomic mass is 10.1. The molecule has 5 heteroatoms. The Labute approximate surface area is 128 Å². The van der Waals surface area contributed by atoms with Crippen LogP contribution in [0.25, 0.3) is 11.4 Å². The fraction of sp³-hybridized carbons (Fsp3) is 0.333. The van der Waals surface area contributed by atoms with Crippen LogP contribution in [0.5, 0.6) is 0 Å². The van der Waals surface area contributed by atoms with Gasteiger partial charge in [0.25, 0.3) is 0 Å². The van der Waals surface area contributed by atoms with Crippen molar-refractivity contribution in [2.45, 2.75) is 26.4 Å². The summed E-state index contributed by atoms with van der Waals surface area (Å²) in [5, 5.41) is 0.866. The summed E-state index contributed by atoms with van der Waals surface area (Å²) in [4.78, 5) is 8.67. The van der Waals surface area contributed by atoms with Gasteiger partial charge in [-0.3, -0.25) is 0 Å². The Morgan fingerprint density at radius 2 is 1.65 bits per heavy atom. The molecule has 1 heterocycles. The van der Waals surface area contributed by atoms with E-state index in [2.05, 4.69) is 16.9 Å². The van der Waals surface area contributed by atoms with Crippen molar-refractivity contribution in [2.24, 2.45) is 0 Å². The Balaban J connectivity index is 2.33. The van der Waals surface area contributed by atoms with Crippen LogP contribution in [0, 0.1) is 0 Å². The molecule has 2 rings (SSSR count). The van der Waals surface area contributed by atoms with E-state index < -0.39 is 0 Å². The van der Waals surface area contributed by atoms with E-state index >= 15 is 0 Å². The van der Waals surface area contributed by atoms with Gasteiger partial charge in [0.05, 0.1) is 6.61 Å². The maximum atomic E-state index is 6.19. The van der Waals surface area contributed by atoms with E-state index in [4.69, 9.17) is 27.9 Å². The standard InChI is InChI=1S/C15H16Cl2N2O/c1-3-4-12-13(16)18-15(19-14(12)17)11-7-5-10(6-8-11)9-20-2/h5-8H,3-4,9H2,1-2H3. The number of rotatable bonds is 5. The van der Waals surface area contributed by atoms with Gasteiger partial charge < -0.3 is 4.74 Å². The zero-order valence-electron chi connectivity index (χ0n) is 11.5. The van der Waals surface area contributed by atoms with Crippen LogP contribution in [0.15, 0.2) is 24.3 Å². The molecule has 0 aliphatic carbocycles. The van der Waals surface area contributed by atoms with Crippen molar-refractivity contribution < 1.29 is 4.74 Å². The van der Waals surface area contributed by atoms with Gasteiger partial charge >= 0.3 is 0 Å². The number of halogens is 2. The van der Waals surface area contributed by atoms with Crippen molar-refractivity contribution in [1.82, 2.24) is 9.97 Å². The zero-order valence-corrected chi connectivity index (χ0v) is 13.0. The molecule has 20 heavy (non-hydrogen) atoms. The molecule has 3 nitrogen and oxygen atoms in total. The first kappa shape index (κ1) is 15.2. The molecule has 0 aliphatic heterocycles. The van der Waals surface area contributed by atoms with Gasteiger partial charge in [0.1, 0.15) is 10.3 Å². The largest absolute Gasteiger partial charge is 0.380 e. The van der Waals surface area contributed by atoms with E-state index in [1.807, 2.05) is 24.3 Å². The topological polar surface area (TPSA) is 35.0 Å². The number of methoxy groups -OCH3 is 1. The van der Waals surface area contributed by atoms with Crippen LogP contribution in [0.3, 0.4) is 0 Å². The summed E-state index contributed by atoms with van der Waals surface area (Å²) in [7, 11) is 1.67. The highest BCUT2D eigenvalue weighted by atomic mass is 35.5. The molecule has 0 saturated heterocycles. The number of benzene rings is 1. The molecule has 1 aromatic heterocycles. The SMILES string of the molecule is CCCc1c(Cl)nc(-c2ccc(COC)cc2)nc1Cl. The number of hydrogen-bond acceptors (Lipinski definition) is 3. The smallest absolute Gasteiger partial charge is 0.162 e. The lowest BCUT2D eigenvalue weighted by molar-refractivity contribution is 0.185. The van der Waals surface area contributed by atoms with Crippen LogP contribution in [0.1, 0.15) is 24.5 Å². The summed E-state index contributed by atoms with van der Waals surface area (Å²) in [5.41, 5.74) is 2.79. The van der Waals surface area contributed by atoms with Crippen molar-refractivity contribution in [3.05, 3.63) is 45.7 Å². The van der Waals surface area contributed by atoms with Gasteiger partial charge in [-0.1, -0.05) is 60.8 Å². The molecule has 0 unspecified atom stereocenters. The molecule has 0 atom stereocenters. The molecule has 0 fully saturated rings. The molecule has 0 N–H and O–H groups in total. The zero-order chi connectivity index (χ0) is 14.5. The molecule has 0 spiro atoms. The Hall–Kier alpha value is -1.16. The van der Waals surface area contributed by atoms with E-state index in [9.17, 15) is 0 Å². The van der Waals surface area contributed by atoms with Crippen LogP contribution in [-0.2, 0) is 17.8 Å². The Bertz CT molecular complexity index is 562. The van der Waals surface area contributed by atoms with Gasteiger partial charge in [-0.05, 0) is 12.0 Å². The van der Waals surface area contributed by atoms with Crippen molar-refractivity contribution in [3.63, 3.8) is 0 Å². The monoisotopic (exact) mass is 310 g/mol. The number of hydrogen-bond donors (Lipinski definition) is 0. The van der Waals surface area contributed by atoms with Crippen molar-refractivity contribution >= 4 is 23.2 Å². The van der Waals surface area contributed by atoms with E-state index in [-0.39, 0.29) is 0 Å². The van der Waals surface area contributed by atoms with E-state index in [1.165, 1.54) is 0 Å². The fourth-order valence-electron chi connectivity index (χ4n) is 1.93. The van der Waals surface area contributed by atoms with Crippen LogP contribution in [0.2, 0.25) is 10.3 Å². The van der Waals surface area contributed by atoms with Gasteiger partial charge in [-0.25, -0.2) is 9.97 Å². The first-order chi connectivity index (χ1) is 9.65. The van der Waals surface area contributed by atoms with E-state index in [0.717, 1.165) is 29.5 Å². The fourth-order valence-corrected chi connectivity index (χ4v) is 2.51. The normalized spacial score (nSPS) is 10.8. The highest BCUT2D eigenvalue weighted by Gasteiger charge is 2.12. The summed E-state index contributed by atoms with van der Waals surface area (Å²) < 4.78 is 5.08. The molecule has 106 valence electrons. The average molecular weight is 311 g/mol. The molecule has 2 aromatic rings. The van der Waals surface area contributed by atoms with Crippen molar-refractivity contribution in [1.29, 1.82) is 0 Å². The summed E-state index contributed by atoms with van der Waals surface area (Å²) in [6.45, 7) is 2.65. The van der Waals surface area contributed by atoms with Gasteiger partial charge in [0.15, 0.2) is 5.82 Å². The van der Waals surface area contributed by atoms with Gasteiger partial charge in [0, 0.05) is 18.2 Å². The van der Waals surface area contributed by atoms with Crippen LogP contribution < -0.4 is 0 Å². The summed E-state index contributed by atoms with van der Waals surface area (Å²) in [6.07, 6.45) is 1.73. The third kappa shape index (κ3) is 3.48. The first-order valence-corrected chi connectivity index (χ1v) is 7.21. The Morgan fingerprint density at radius 3 is 2.15 bits per heavy atom. The minimum atomic E-state index is 0.433. The lowest BCUT2D eigenvalue weighted by Crippen LogP contribution is -1.98. The molecule has 0 bridgehead atoms. The van der Waals surface area contributed by atoms with E-state index in [1.54, 1.807) is 7.11 Å². The number of aromatic nitrogens is 2. The Kier molecular flexibility index (Phi) is 5.35. The number of nitrogens with zero attached hydrogens (tertiary/aromatic N) is 2. The highest BCUT2D eigenvalue weighted by molar-refractivity contribution is 6.34. The van der Waals surface area contributed by atoms with Gasteiger partial charge in [-0.2, -0.15) is 0 Å². The van der Waals surface area contributed by atoms with Crippen LogP contribution in [-0.4, -0.2) is 17.1 Å². The van der Waals surface area contributed by atoms with Gasteiger partial charge in [-0.15, -0.1) is 0 Å². The maximum absolute atomic E-state index is 6.19. The second kappa shape index (κ2) is 7.02. The van der Waals surface area contributed by atoms with Crippen LogP contribution in [0.4, 0.5) is 0 Å². The first-order valence-electron chi connectivity index (χ1n) is 6.45.